The molecule has 4 heterocycles. The van der Waals surface area contributed by atoms with E-state index in [0.29, 0.717) is 13.0 Å². The third kappa shape index (κ3) is 5.92. The third-order valence-electron chi connectivity index (χ3n) is 7.45. The SMILES string of the molecule is CC(C)(C)OC(=O)N1CCN(c2nc(OC[C@@]34CCCN3C[C@H](F)C4)nc3c(F)c(Br)c(Cl)cc23)CC(F)(F)C1. The van der Waals surface area contributed by atoms with E-state index in [1.807, 2.05) is 0 Å². The molecule has 3 aliphatic rings. The Morgan fingerprint density at radius 2 is 1.98 bits per heavy atom. The first-order chi connectivity index (χ1) is 18.7. The van der Waals surface area contributed by atoms with Crippen LogP contribution in [0.4, 0.5) is 28.2 Å². The quantitative estimate of drug-likeness (QED) is 0.304. The van der Waals surface area contributed by atoms with Crippen LogP contribution in [0.15, 0.2) is 10.5 Å². The Morgan fingerprint density at radius 3 is 2.70 bits per heavy atom. The van der Waals surface area contributed by atoms with E-state index >= 15 is 13.2 Å². The molecule has 0 N–H and O–H groups in total. The zero-order valence-electron chi connectivity index (χ0n) is 22.5. The molecule has 1 aromatic heterocycles. The van der Waals surface area contributed by atoms with Gasteiger partial charge in [0, 0.05) is 31.4 Å². The number of aromatic nitrogens is 2. The van der Waals surface area contributed by atoms with E-state index in [1.54, 1.807) is 20.8 Å². The largest absolute Gasteiger partial charge is 0.461 e. The number of benzene rings is 1. The maximum absolute atomic E-state index is 15.4. The summed E-state index contributed by atoms with van der Waals surface area (Å²) in [6, 6.07) is 1.19. The van der Waals surface area contributed by atoms with Crippen molar-refractivity contribution >= 4 is 50.3 Å². The van der Waals surface area contributed by atoms with Crippen molar-refractivity contribution in [2.45, 2.75) is 63.3 Å². The number of rotatable bonds is 4. The minimum absolute atomic E-state index is 0.00502. The van der Waals surface area contributed by atoms with Gasteiger partial charge in [-0.25, -0.2) is 22.4 Å². The number of amides is 1. The second-order valence-electron chi connectivity index (χ2n) is 11.8. The highest BCUT2D eigenvalue weighted by Gasteiger charge is 2.49. The summed E-state index contributed by atoms with van der Waals surface area (Å²) < 4.78 is 71.2. The fourth-order valence-corrected chi connectivity index (χ4v) is 6.26. The fraction of sp³-hybridized carbons (Fsp3) is 0.654. The van der Waals surface area contributed by atoms with Crippen LogP contribution in [0.3, 0.4) is 0 Å². The van der Waals surface area contributed by atoms with Crippen LogP contribution < -0.4 is 9.64 Å². The van der Waals surface area contributed by atoms with Gasteiger partial charge in [-0.15, -0.1) is 0 Å². The number of halogens is 6. The van der Waals surface area contributed by atoms with Crippen molar-refractivity contribution in [3.8, 4) is 6.01 Å². The third-order valence-corrected chi connectivity index (χ3v) is 8.75. The highest BCUT2D eigenvalue weighted by molar-refractivity contribution is 9.10. The molecule has 0 aliphatic carbocycles. The average molecular weight is 653 g/mol. The van der Waals surface area contributed by atoms with E-state index in [-0.39, 0.29) is 51.9 Å². The zero-order chi connectivity index (χ0) is 29.0. The van der Waals surface area contributed by atoms with Crippen molar-refractivity contribution in [2.75, 3.05) is 50.8 Å². The van der Waals surface area contributed by atoms with Crippen LogP contribution in [0, 0.1) is 5.82 Å². The molecule has 0 radical (unpaired) electrons. The Hall–Kier alpha value is -2.12. The number of anilines is 1. The van der Waals surface area contributed by atoms with Gasteiger partial charge in [0.25, 0.3) is 5.92 Å². The lowest BCUT2D eigenvalue weighted by atomic mass is 9.95. The summed E-state index contributed by atoms with van der Waals surface area (Å²) in [5.74, 6) is -4.14. The highest BCUT2D eigenvalue weighted by atomic mass is 79.9. The van der Waals surface area contributed by atoms with Crippen molar-refractivity contribution in [3.05, 3.63) is 21.4 Å². The fourth-order valence-electron chi connectivity index (χ4n) is 5.76. The molecular weight excluding hydrogens is 622 g/mol. The second kappa shape index (κ2) is 10.6. The van der Waals surface area contributed by atoms with Crippen LogP contribution in [0.25, 0.3) is 10.9 Å². The second-order valence-corrected chi connectivity index (χ2v) is 13.0. The van der Waals surface area contributed by atoms with Gasteiger partial charge in [0.2, 0.25) is 0 Å². The summed E-state index contributed by atoms with van der Waals surface area (Å²) in [6.45, 7) is 4.34. The molecule has 1 aromatic carbocycles. The first-order valence-electron chi connectivity index (χ1n) is 13.1. The molecule has 2 aromatic rings. The van der Waals surface area contributed by atoms with Gasteiger partial charge in [-0.1, -0.05) is 11.6 Å². The van der Waals surface area contributed by atoms with Gasteiger partial charge in [0.05, 0.1) is 28.1 Å². The van der Waals surface area contributed by atoms with Crippen molar-refractivity contribution in [1.29, 1.82) is 0 Å². The molecule has 220 valence electrons. The van der Waals surface area contributed by atoms with Gasteiger partial charge in [-0.05, 0) is 62.2 Å². The number of hydrogen-bond donors (Lipinski definition) is 0. The molecule has 40 heavy (non-hydrogen) atoms. The molecule has 0 unspecified atom stereocenters. The lowest BCUT2D eigenvalue weighted by Crippen LogP contribution is -2.44. The van der Waals surface area contributed by atoms with E-state index in [0.717, 1.165) is 24.3 Å². The minimum atomic E-state index is -3.34. The molecule has 8 nitrogen and oxygen atoms in total. The molecule has 3 saturated heterocycles. The number of hydrogen-bond acceptors (Lipinski definition) is 7. The number of carbonyl (C=O) groups excluding carboxylic acids is 1. The molecule has 0 spiro atoms. The highest BCUT2D eigenvalue weighted by Crippen LogP contribution is 2.41. The first-order valence-corrected chi connectivity index (χ1v) is 14.3. The van der Waals surface area contributed by atoms with Crippen LogP contribution in [0.2, 0.25) is 5.02 Å². The monoisotopic (exact) mass is 651 g/mol. The predicted molar refractivity (Wildman–Crippen MR) is 146 cm³/mol. The Balaban J connectivity index is 1.49. The van der Waals surface area contributed by atoms with Gasteiger partial charge < -0.3 is 19.3 Å². The van der Waals surface area contributed by atoms with E-state index in [4.69, 9.17) is 21.1 Å². The molecule has 3 fully saturated rings. The van der Waals surface area contributed by atoms with Crippen LogP contribution >= 0.6 is 27.5 Å². The van der Waals surface area contributed by atoms with Crippen molar-refractivity contribution in [2.24, 2.45) is 0 Å². The Kier molecular flexibility index (Phi) is 7.80. The number of carbonyl (C=O) groups is 1. The Labute approximate surface area is 243 Å². The van der Waals surface area contributed by atoms with E-state index in [1.165, 1.54) is 11.0 Å². The molecule has 0 saturated carbocycles. The molecule has 3 aliphatic heterocycles. The van der Waals surface area contributed by atoms with Gasteiger partial charge in [-0.3, -0.25) is 4.90 Å². The summed E-state index contributed by atoms with van der Waals surface area (Å²) in [5, 5.41) is 0.130. The lowest BCUT2D eigenvalue weighted by molar-refractivity contribution is -0.0285. The minimum Gasteiger partial charge on any atom is -0.461 e. The zero-order valence-corrected chi connectivity index (χ0v) is 24.8. The average Bonchev–Trinajstić information content (AvgIpc) is 3.31. The summed E-state index contributed by atoms with van der Waals surface area (Å²) >= 11 is 9.34. The normalized spacial score (nSPS) is 25.3. The van der Waals surface area contributed by atoms with Crippen LogP contribution in [-0.4, -0.2) is 95.0 Å². The first kappa shape index (κ1) is 29.4. The molecule has 1 amide bonds. The van der Waals surface area contributed by atoms with E-state index in [2.05, 4.69) is 30.8 Å². The summed E-state index contributed by atoms with van der Waals surface area (Å²) in [5.41, 5.74) is -1.53. The predicted octanol–water partition coefficient (Wildman–Crippen LogP) is 5.83. The molecule has 2 atom stereocenters. The van der Waals surface area contributed by atoms with Crippen molar-refractivity contribution < 1.29 is 31.8 Å². The number of ether oxygens (including phenoxy) is 2. The maximum Gasteiger partial charge on any atom is 0.410 e. The number of alkyl halides is 3. The van der Waals surface area contributed by atoms with Gasteiger partial charge >= 0.3 is 12.1 Å². The Morgan fingerprint density at radius 1 is 1.23 bits per heavy atom. The molecule has 14 heteroatoms. The standard InChI is InChI=1S/C26H31BrClF4N5O3/c1-24(2,3)40-23(38)36-8-7-35(12-26(31,32)13-36)21-16-9-17(28)18(27)19(30)20(16)33-22(34-21)39-14-25-5-4-6-37(25)11-15(29)10-25/h9,15H,4-8,10-14H2,1-3H3/t15-,25+/m1/s1. The van der Waals surface area contributed by atoms with Crippen LogP contribution in [0.1, 0.15) is 40.0 Å². The van der Waals surface area contributed by atoms with Gasteiger partial charge in [0.15, 0.2) is 5.82 Å². The van der Waals surface area contributed by atoms with Crippen LogP contribution in [0.5, 0.6) is 6.01 Å². The smallest absolute Gasteiger partial charge is 0.410 e. The van der Waals surface area contributed by atoms with Crippen molar-refractivity contribution in [3.63, 3.8) is 0 Å². The van der Waals surface area contributed by atoms with E-state index < -0.39 is 48.2 Å². The number of fused-ring (bicyclic) bond motifs is 2. The Bertz CT molecular complexity index is 1320. The van der Waals surface area contributed by atoms with Gasteiger partial charge in [0.1, 0.15) is 29.7 Å². The summed E-state index contributed by atoms with van der Waals surface area (Å²) in [6.07, 6.45) is 0.118. The van der Waals surface area contributed by atoms with Crippen LogP contribution in [-0.2, 0) is 4.74 Å². The lowest BCUT2D eigenvalue weighted by Gasteiger charge is -2.31. The molecular formula is C26H31BrClF4N5O3. The van der Waals surface area contributed by atoms with Crippen molar-refractivity contribution in [1.82, 2.24) is 19.8 Å². The molecule has 0 bridgehead atoms. The summed E-state index contributed by atoms with van der Waals surface area (Å²) in [4.78, 5) is 25.6. The van der Waals surface area contributed by atoms with E-state index in [9.17, 15) is 9.18 Å². The van der Waals surface area contributed by atoms with Gasteiger partial charge in [-0.2, -0.15) is 9.97 Å². The maximum atomic E-state index is 15.4. The number of nitrogens with zero attached hydrogens (tertiary/aromatic N) is 5. The topological polar surface area (TPSA) is 71.0 Å². The molecule has 5 rings (SSSR count). The summed E-state index contributed by atoms with van der Waals surface area (Å²) in [7, 11) is 0.